The zero-order chi connectivity index (χ0) is 24.8. The van der Waals surface area contributed by atoms with Crippen LogP contribution in [0.25, 0.3) is 27.7 Å². The topological polar surface area (TPSA) is 64.4 Å². The van der Waals surface area contributed by atoms with E-state index in [0.717, 1.165) is 27.7 Å². The Hall–Kier alpha value is -4.45. The summed E-state index contributed by atoms with van der Waals surface area (Å²) in [6.45, 7) is 10.3. The van der Waals surface area contributed by atoms with E-state index >= 15 is 0 Å². The summed E-state index contributed by atoms with van der Waals surface area (Å²) in [5.41, 5.74) is 3.15. The molecule has 0 radical (unpaired) electrons. The molecular formula is C29H27N3O3. The van der Waals surface area contributed by atoms with Crippen molar-refractivity contribution in [3.63, 3.8) is 0 Å². The fraction of sp³-hybridized carbons (Fsp3) is 0.138. The van der Waals surface area contributed by atoms with Crippen molar-refractivity contribution >= 4 is 22.6 Å². The van der Waals surface area contributed by atoms with Crippen LogP contribution in [-0.4, -0.2) is 46.3 Å². The van der Waals surface area contributed by atoms with Crippen LogP contribution in [-0.2, 0) is 4.74 Å². The maximum atomic E-state index is 12.9. The van der Waals surface area contributed by atoms with Crippen molar-refractivity contribution in [1.29, 1.82) is 0 Å². The SMILES string of the molecule is C=CCN(CC=C)C(=O)c1ccc(-n2nc(C(=O)OCC)cc2-c2ccc3ccccc3c2)cc1. The molecule has 0 saturated heterocycles. The Bertz CT molecular complexity index is 1380. The number of hydrogen-bond acceptors (Lipinski definition) is 4. The smallest absolute Gasteiger partial charge is 0.358 e. The number of fused-ring (bicyclic) bond motifs is 1. The summed E-state index contributed by atoms with van der Waals surface area (Å²) < 4.78 is 6.88. The normalized spacial score (nSPS) is 10.7. The van der Waals surface area contributed by atoms with Gasteiger partial charge in [-0.15, -0.1) is 13.2 Å². The average molecular weight is 466 g/mol. The number of rotatable bonds is 9. The lowest BCUT2D eigenvalue weighted by atomic mass is 10.0. The summed E-state index contributed by atoms with van der Waals surface area (Å²) in [6, 6.07) is 23.1. The highest BCUT2D eigenvalue weighted by atomic mass is 16.5. The van der Waals surface area contributed by atoms with Crippen LogP contribution in [0.1, 0.15) is 27.8 Å². The minimum atomic E-state index is -0.482. The molecule has 4 rings (SSSR count). The van der Waals surface area contributed by atoms with Gasteiger partial charge in [-0.25, -0.2) is 9.48 Å². The van der Waals surface area contributed by atoms with Gasteiger partial charge < -0.3 is 9.64 Å². The maximum Gasteiger partial charge on any atom is 0.358 e. The van der Waals surface area contributed by atoms with Crippen molar-refractivity contribution < 1.29 is 14.3 Å². The molecule has 0 aliphatic carbocycles. The second-order valence-electron chi connectivity index (χ2n) is 7.94. The highest BCUT2D eigenvalue weighted by molar-refractivity contribution is 5.95. The molecule has 1 heterocycles. The van der Waals surface area contributed by atoms with E-state index in [9.17, 15) is 9.59 Å². The van der Waals surface area contributed by atoms with Crippen LogP contribution in [0.3, 0.4) is 0 Å². The van der Waals surface area contributed by atoms with Gasteiger partial charge in [-0.05, 0) is 54.1 Å². The van der Waals surface area contributed by atoms with Crippen LogP contribution >= 0.6 is 0 Å². The number of hydrogen-bond donors (Lipinski definition) is 0. The van der Waals surface area contributed by atoms with Gasteiger partial charge in [0, 0.05) is 24.2 Å². The molecule has 6 heteroatoms. The van der Waals surface area contributed by atoms with Crippen molar-refractivity contribution in [1.82, 2.24) is 14.7 Å². The first-order chi connectivity index (χ1) is 17.0. The number of nitrogens with zero attached hydrogens (tertiary/aromatic N) is 3. The Morgan fingerprint density at radius 3 is 2.29 bits per heavy atom. The molecule has 0 atom stereocenters. The number of esters is 1. The Labute approximate surface area is 204 Å². The molecule has 0 aliphatic heterocycles. The van der Waals surface area contributed by atoms with Crippen molar-refractivity contribution in [2.45, 2.75) is 6.92 Å². The van der Waals surface area contributed by atoms with Gasteiger partial charge >= 0.3 is 5.97 Å². The van der Waals surface area contributed by atoms with Crippen molar-refractivity contribution in [2.24, 2.45) is 0 Å². The first kappa shape index (κ1) is 23.7. The largest absolute Gasteiger partial charge is 0.461 e. The molecule has 6 nitrogen and oxygen atoms in total. The molecule has 0 saturated carbocycles. The van der Waals surface area contributed by atoms with E-state index in [1.54, 1.807) is 46.9 Å². The number of amides is 1. The standard InChI is InChI=1S/C29H27N3O3/c1-4-17-31(18-5-2)28(33)22-13-15-25(16-14-22)32-27(20-26(30-32)29(34)35-6-3)24-12-11-21-9-7-8-10-23(21)19-24/h4-5,7-16,19-20H,1-2,6,17-18H2,3H3. The van der Waals surface area contributed by atoms with E-state index in [2.05, 4.69) is 30.4 Å². The van der Waals surface area contributed by atoms with Gasteiger partial charge in [-0.2, -0.15) is 5.10 Å². The molecule has 3 aromatic carbocycles. The van der Waals surface area contributed by atoms with E-state index in [1.807, 2.05) is 42.5 Å². The number of carbonyl (C=O) groups is 2. The molecule has 176 valence electrons. The first-order valence-corrected chi connectivity index (χ1v) is 11.4. The van der Waals surface area contributed by atoms with Crippen molar-refractivity contribution in [3.05, 3.63) is 109 Å². The van der Waals surface area contributed by atoms with E-state index < -0.39 is 5.97 Å². The third kappa shape index (κ3) is 5.06. The van der Waals surface area contributed by atoms with Crippen LogP contribution < -0.4 is 0 Å². The zero-order valence-electron chi connectivity index (χ0n) is 19.7. The first-order valence-electron chi connectivity index (χ1n) is 11.4. The molecule has 35 heavy (non-hydrogen) atoms. The molecule has 1 aromatic heterocycles. The second kappa shape index (κ2) is 10.7. The molecular weight excluding hydrogens is 438 g/mol. The van der Waals surface area contributed by atoms with Crippen LogP contribution in [0, 0.1) is 0 Å². The minimum Gasteiger partial charge on any atom is -0.461 e. The van der Waals surface area contributed by atoms with Gasteiger partial charge in [0.15, 0.2) is 5.69 Å². The molecule has 0 unspecified atom stereocenters. The summed E-state index contributed by atoms with van der Waals surface area (Å²) in [6.07, 6.45) is 3.37. The lowest BCUT2D eigenvalue weighted by Gasteiger charge is -2.19. The fourth-order valence-electron chi connectivity index (χ4n) is 3.92. The number of aromatic nitrogens is 2. The van der Waals surface area contributed by atoms with Crippen LogP contribution in [0.5, 0.6) is 0 Å². The van der Waals surface area contributed by atoms with E-state index in [0.29, 0.717) is 18.7 Å². The fourth-order valence-corrected chi connectivity index (χ4v) is 3.92. The summed E-state index contributed by atoms with van der Waals surface area (Å²) in [4.78, 5) is 27.0. The number of ether oxygens (including phenoxy) is 1. The van der Waals surface area contributed by atoms with E-state index in [4.69, 9.17) is 4.74 Å². The van der Waals surface area contributed by atoms with Gasteiger partial charge in [-0.3, -0.25) is 4.79 Å². The Balaban J connectivity index is 1.75. The van der Waals surface area contributed by atoms with Gasteiger partial charge in [0.05, 0.1) is 18.0 Å². The molecule has 0 aliphatic rings. The van der Waals surface area contributed by atoms with E-state index in [-0.39, 0.29) is 18.2 Å². The van der Waals surface area contributed by atoms with Crippen molar-refractivity contribution in [2.75, 3.05) is 19.7 Å². The molecule has 0 fully saturated rings. The highest BCUT2D eigenvalue weighted by Gasteiger charge is 2.19. The molecule has 0 N–H and O–H groups in total. The maximum absolute atomic E-state index is 12.9. The van der Waals surface area contributed by atoms with Crippen molar-refractivity contribution in [3.8, 4) is 16.9 Å². The van der Waals surface area contributed by atoms with Gasteiger partial charge in [0.1, 0.15) is 0 Å². The lowest BCUT2D eigenvalue weighted by Crippen LogP contribution is -2.31. The summed E-state index contributed by atoms with van der Waals surface area (Å²) in [7, 11) is 0. The number of benzene rings is 3. The Morgan fingerprint density at radius 2 is 1.63 bits per heavy atom. The highest BCUT2D eigenvalue weighted by Crippen LogP contribution is 2.28. The third-order valence-corrected chi connectivity index (χ3v) is 5.58. The Morgan fingerprint density at radius 1 is 0.943 bits per heavy atom. The summed E-state index contributed by atoms with van der Waals surface area (Å²) >= 11 is 0. The quantitative estimate of drug-likeness (QED) is 0.236. The monoisotopic (exact) mass is 465 g/mol. The number of carbonyl (C=O) groups excluding carboxylic acids is 2. The van der Waals surface area contributed by atoms with Gasteiger partial charge in [0.2, 0.25) is 0 Å². The second-order valence-corrected chi connectivity index (χ2v) is 7.94. The zero-order valence-corrected chi connectivity index (χ0v) is 19.7. The predicted octanol–water partition coefficient (Wildman–Crippen LogP) is 5.68. The lowest BCUT2D eigenvalue weighted by molar-refractivity contribution is 0.0518. The van der Waals surface area contributed by atoms with Gasteiger partial charge in [0.25, 0.3) is 5.91 Å². The van der Waals surface area contributed by atoms with Crippen LogP contribution in [0.2, 0.25) is 0 Å². The third-order valence-electron chi connectivity index (χ3n) is 5.58. The molecule has 4 aromatic rings. The van der Waals surface area contributed by atoms with Crippen LogP contribution in [0.4, 0.5) is 0 Å². The molecule has 0 spiro atoms. The summed E-state index contributed by atoms with van der Waals surface area (Å²) in [5, 5.41) is 6.75. The van der Waals surface area contributed by atoms with E-state index in [1.165, 1.54) is 0 Å². The summed E-state index contributed by atoms with van der Waals surface area (Å²) in [5.74, 6) is -0.594. The van der Waals surface area contributed by atoms with Crippen LogP contribution in [0.15, 0.2) is 98.1 Å². The predicted molar refractivity (Wildman–Crippen MR) is 139 cm³/mol. The molecule has 0 bridgehead atoms. The minimum absolute atomic E-state index is 0.112. The molecule has 1 amide bonds. The Kier molecular flexibility index (Phi) is 7.21. The average Bonchev–Trinajstić information content (AvgIpc) is 3.34. The van der Waals surface area contributed by atoms with Gasteiger partial charge in [-0.1, -0.05) is 48.6 Å².